The van der Waals surface area contributed by atoms with Crippen molar-refractivity contribution in [3.63, 3.8) is 0 Å². The average molecular weight is 282 g/mol. The van der Waals surface area contributed by atoms with Crippen LogP contribution in [0.4, 0.5) is 0 Å². The highest BCUT2D eigenvalue weighted by atomic mass is 15.2. The minimum atomic E-state index is 0.863. The normalized spacial score (nSPS) is 11.3. The molecule has 0 aliphatic heterocycles. The quantitative estimate of drug-likeness (QED) is 0.705. The van der Waals surface area contributed by atoms with Crippen molar-refractivity contribution in [3.8, 4) is 0 Å². The lowest BCUT2D eigenvalue weighted by Gasteiger charge is -2.02. The van der Waals surface area contributed by atoms with E-state index in [1.165, 1.54) is 22.0 Å². The first-order chi connectivity index (χ1) is 10.3. The maximum atomic E-state index is 4.25. The smallest absolute Gasteiger partial charge is 0.0539 e. The number of hydrogen-bond donors (Lipinski definition) is 1. The van der Waals surface area contributed by atoms with Crippen LogP contribution in [-0.4, -0.2) is 20.9 Å². The molecule has 3 rings (SSSR count). The van der Waals surface area contributed by atoms with Crippen LogP contribution < -0.4 is 5.32 Å². The summed E-state index contributed by atoms with van der Waals surface area (Å²) < 4.78 is 4.17. The molecule has 0 saturated heterocycles. The van der Waals surface area contributed by atoms with Gasteiger partial charge in [0.1, 0.15) is 0 Å². The minimum absolute atomic E-state index is 0.863. The lowest BCUT2D eigenvalue weighted by Crippen LogP contribution is -2.13. The second kappa shape index (κ2) is 6.14. The van der Waals surface area contributed by atoms with Crippen molar-refractivity contribution in [1.82, 2.24) is 19.7 Å². The SMILES string of the molecule is CCCNCc1cn(Cc2cnn(C)c2)c2ccccc12. The Morgan fingerprint density at radius 1 is 1.19 bits per heavy atom. The Hall–Kier alpha value is -2.07. The molecule has 2 aromatic heterocycles. The lowest BCUT2D eigenvalue weighted by atomic mass is 10.2. The van der Waals surface area contributed by atoms with Crippen LogP contribution >= 0.6 is 0 Å². The van der Waals surface area contributed by atoms with Crippen LogP contribution in [0.2, 0.25) is 0 Å². The molecule has 2 heterocycles. The fraction of sp³-hybridized carbons (Fsp3) is 0.353. The summed E-state index contributed by atoms with van der Waals surface area (Å²) in [5.74, 6) is 0. The zero-order chi connectivity index (χ0) is 14.7. The van der Waals surface area contributed by atoms with E-state index >= 15 is 0 Å². The molecule has 0 aliphatic carbocycles. The molecule has 3 aromatic rings. The number of nitrogens with zero attached hydrogens (tertiary/aromatic N) is 3. The van der Waals surface area contributed by atoms with E-state index in [1.807, 2.05) is 17.9 Å². The van der Waals surface area contributed by atoms with Crippen LogP contribution in [0.1, 0.15) is 24.5 Å². The summed E-state index contributed by atoms with van der Waals surface area (Å²) in [6, 6.07) is 8.61. The Kier molecular flexibility index (Phi) is 4.06. The molecule has 4 nitrogen and oxygen atoms in total. The van der Waals surface area contributed by atoms with Gasteiger partial charge in [-0.2, -0.15) is 5.10 Å². The van der Waals surface area contributed by atoms with Crippen LogP contribution in [0, 0.1) is 0 Å². The number of hydrogen-bond acceptors (Lipinski definition) is 2. The van der Waals surface area contributed by atoms with Gasteiger partial charge in [-0.3, -0.25) is 4.68 Å². The topological polar surface area (TPSA) is 34.8 Å². The van der Waals surface area contributed by atoms with Crippen molar-refractivity contribution in [2.45, 2.75) is 26.4 Å². The second-order valence-corrected chi connectivity index (χ2v) is 5.50. The van der Waals surface area contributed by atoms with Gasteiger partial charge >= 0.3 is 0 Å². The van der Waals surface area contributed by atoms with Gasteiger partial charge < -0.3 is 9.88 Å². The van der Waals surface area contributed by atoms with E-state index in [2.05, 4.69) is 58.6 Å². The van der Waals surface area contributed by atoms with E-state index in [-0.39, 0.29) is 0 Å². The molecule has 0 saturated carbocycles. The van der Waals surface area contributed by atoms with E-state index < -0.39 is 0 Å². The molecule has 0 fully saturated rings. The number of benzene rings is 1. The largest absolute Gasteiger partial charge is 0.343 e. The zero-order valence-corrected chi connectivity index (χ0v) is 12.7. The summed E-state index contributed by atoms with van der Waals surface area (Å²) in [4.78, 5) is 0. The Balaban J connectivity index is 1.90. The highest BCUT2D eigenvalue weighted by Gasteiger charge is 2.08. The number of aromatic nitrogens is 3. The molecular weight excluding hydrogens is 260 g/mol. The van der Waals surface area contributed by atoms with Crippen LogP contribution in [0.15, 0.2) is 42.9 Å². The van der Waals surface area contributed by atoms with Gasteiger partial charge in [0.2, 0.25) is 0 Å². The summed E-state index contributed by atoms with van der Waals surface area (Å²) in [5, 5.41) is 9.08. The van der Waals surface area contributed by atoms with Gasteiger partial charge in [-0.25, -0.2) is 0 Å². The Morgan fingerprint density at radius 3 is 2.81 bits per heavy atom. The van der Waals surface area contributed by atoms with E-state index in [4.69, 9.17) is 0 Å². The standard InChI is InChI=1S/C17H22N4/c1-3-8-18-10-15-13-21(12-14-9-19-20(2)11-14)17-7-5-4-6-16(15)17/h4-7,9,11,13,18H,3,8,10,12H2,1-2H3. The first kappa shape index (κ1) is 13.9. The lowest BCUT2D eigenvalue weighted by molar-refractivity contribution is 0.675. The molecule has 21 heavy (non-hydrogen) atoms. The molecule has 0 spiro atoms. The predicted molar refractivity (Wildman–Crippen MR) is 86.2 cm³/mol. The Labute approximate surface area is 125 Å². The summed E-state index contributed by atoms with van der Waals surface area (Å²) >= 11 is 0. The maximum Gasteiger partial charge on any atom is 0.0539 e. The van der Waals surface area contributed by atoms with Gasteiger partial charge in [-0.1, -0.05) is 25.1 Å². The fourth-order valence-corrected chi connectivity index (χ4v) is 2.74. The van der Waals surface area contributed by atoms with E-state index in [1.54, 1.807) is 0 Å². The summed E-state index contributed by atoms with van der Waals surface area (Å²) in [6.45, 7) is 5.04. The summed E-state index contributed by atoms with van der Waals surface area (Å²) in [6.07, 6.45) is 7.43. The molecular formula is C17H22N4. The molecule has 1 aromatic carbocycles. The molecule has 0 amide bonds. The van der Waals surface area contributed by atoms with Crippen molar-refractivity contribution in [2.24, 2.45) is 7.05 Å². The molecule has 0 bridgehead atoms. The number of fused-ring (bicyclic) bond motifs is 1. The van der Waals surface area contributed by atoms with Crippen molar-refractivity contribution in [1.29, 1.82) is 0 Å². The average Bonchev–Trinajstić information content (AvgIpc) is 3.05. The van der Waals surface area contributed by atoms with E-state index in [9.17, 15) is 0 Å². The highest BCUT2D eigenvalue weighted by Crippen LogP contribution is 2.22. The monoisotopic (exact) mass is 282 g/mol. The number of aryl methyl sites for hydroxylation is 1. The Morgan fingerprint density at radius 2 is 2.05 bits per heavy atom. The first-order valence-corrected chi connectivity index (χ1v) is 7.53. The van der Waals surface area contributed by atoms with Crippen LogP contribution in [0.5, 0.6) is 0 Å². The molecule has 4 heteroatoms. The molecule has 110 valence electrons. The third-order valence-electron chi connectivity index (χ3n) is 3.72. The highest BCUT2D eigenvalue weighted by molar-refractivity contribution is 5.84. The summed E-state index contributed by atoms with van der Waals surface area (Å²) in [7, 11) is 1.96. The Bertz CT molecular complexity index is 723. The summed E-state index contributed by atoms with van der Waals surface area (Å²) in [5.41, 5.74) is 3.88. The molecule has 0 aliphatic rings. The van der Waals surface area contributed by atoms with Gasteiger partial charge in [0.15, 0.2) is 0 Å². The maximum absolute atomic E-state index is 4.25. The van der Waals surface area contributed by atoms with Gasteiger partial charge in [0.25, 0.3) is 0 Å². The molecule has 0 atom stereocenters. The van der Waals surface area contributed by atoms with E-state index in [0.29, 0.717) is 0 Å². The van der Waals surface area contributed by atoms with Crippen molar-refractivity contribution in [3.05, 3.63) is 54.0 Å². The molecule has 0 unspecified atom stereocenters. The molecule has 0 radical (unpaired) electrons. The fourth-order valence-electron chi connectivity index (χ4n) is 2.74. The van der Waals surface area contributed by atoms with Gasteiger partial charge in [0, 0.05) is 42.5 Å². The van der Waals surface area contributed by atoms with Crippen LogP contribution in [0.25, 0.3) is 10.9 Å². The van der Waals surface area contributed by atoms with Crippen LogP contribution in [-0.2, 0) is 20.1 Å². The van der Waals surface area contributed by atoms with Crippen LogP contribution in [0.3, 0.4) is 0 Å². The number of rotatable bonds is 6. The first-order valence-electron chi connectivity index (χ1n) is 7.53. The predicted octanol–water partition coefficient (Wildman–Crippen LogP) is 2.92. The zero-order valence-electron chi connectivity index (χ0n) is 12.7. The van der Waals surface area contributed by atoms with Gasteiger partial charge in [0.05, 0.1) is 12.7 Å². The third kappa shape index (κ3) is 3.00. The van der Waals surface area contributed by atoms with Gasteiger partial charge in [-0.15, -0.1) is 0 Å². The second-order valence-electron chi connectivity index (χ2n) is 5.50. The number of nitrogens with one attached hydrogen (secondary N) is 1. The molecule has 1 N–H and O–H groups in total. The van der Waals surface area contributed by atoms with Gasteiger partial charge in [-0.05, 0) is 24.6 Å². The van der Waals surface area contributed by atoms with Crippen molar-refractivity contribution in [2.75, 3.05) is 6.54 Å². The third-order valence-corrected chi connectivity index (χ3v) is 3.72. The minimum Gasteiger partial charge on any atom is -0.343 e. The van der Waals surface area contributed by atoms with Crippen molar-refractivity contribution < 1.29 is 0 Å². The number of para-hydroxylation sites is 1. The van der Waals surface area contributed by atoms with Crippen molar-refractivity contribution >= 4 is 10.9 Å². The van der Waals surface area contributed by atoms with E-state index in [0.717, 1.165) is 26.1 Å².